The minimum atomic E-state index is -0.555. The molecule has 0 unspecified atom stereocenters. The molecule has 2 heterocycles. The fraction of sp³-hybridized carbons (Fsp3) is 0.200. The van der Waals surface area contributed by atoms with Crippen molar-refractivity contribution in [2.24, 2.45) is 0 Å². The van der Waals surface area contributed by atoms with Gasteiger partial charge in [0.05, 0.1) is 25.2 Å². The van der Waals surface area contributed by atoms with Gasteiger partial charge in [-0.1, -0.05) is 0 Å². The molecule has 0 aliphatic carbocycles. The largest absolute Gasteiger partial charge is 0.496 e. The van der Waals surface area contributed by atoms with Gasteiger partial charge in [-0.3, -0.25) is 19.3 Å². The number of rotatable bonds is 5. The number of imidazole rings is 1. The summed E-state index contributed by atoms with van der Waals surface area (Å²) in [4.78, 5) is 28.3. The standard InChI is InChI=1S/C15H13N3O5S/c1-8-6-17-11(7-19)14(16-15(17)24-8)9-4-13(23-3)10(18(20)21)5-12(9)22-2/h4-7H,1-3H3. The first-order chi connectivity index (χ1) is 11.5. The zero-order valence-electron chi connectivity index (χ0n) is 13.1. The Morgan fingerprint density at radius 3 is 2.58 bits per heavy atom. The maximum absolute atomic E-state index is 11.6. The second-order valence-electron chi connectivity index (χ2n) is 4.94. The van der Waals surface area contributed by atoms with Crippen LogP contribution < -0.4 is 9.47 Å². The smallest absolute Gasteiger partial charge is 0.314 e. The van der Waals surface area contributed by atoms with Gasteiger partial charge in [0, 0.05) is 22.7 Å². The summed E-state index contributed by atoms with van der Waals surface area (Å²) in [6, 6.07) is 2.73. The lowest BCUT2D eigenvalue weighted by molar-refractivity contribution is -0.385. The number of nitro groups is 1. The minimum absolute atomic E-state index is 0.0696. The van der Waals surface area contributed by atoms with E-state index in [4.69, 9.17) is 9.47 Å². The summed E-state index contributed by atoms with van der Waals surface area (Å²) in [5, 5.41) is 11.2. The molecule has 0 aliphatic rings. The molecule has 3 aromatic rings. The van der Waals surface area contributed by atoms with Gasteiger partial charge in [-0.2, -0.15) is 0 Å². The van der Waals surface area contributed by atoms with E-state index >= 15 is 0 Å². The second kappa shape index (κ2) is 5.93. The van der Waals surface area contributed by atoms with E-state index in [9.17, 15) is 14.9 Å². The summed E-state index contributed by atoms with van der Waals surface area (Å²) in [5.74, 6) is 0.313. The number of hydrogen-bond donors (Lipinski definition) is 0. The van der Waals surface area contributed by atoms with Crippen LogP contribution in [0.2, 0.25) is 0 Å². The molecule has 0 amide bonds. The van der Waals surface area contributed by atoms with Crippen LogP contribution in [0.4, 0.5) is 5.69 Å². The van der Waals surface area contributed by atoms with E-state index in [0.717, 1.165) is 4.88 Å². The summed E-state index contributed by atoms with van der Waals surface area (Å²) in [7, 11) is 2.74. The van der Waals surface area contributed by atoms with Crippen molar-refractivity contribution in [2.45, 2.75) is 6.92 Å². The second-order valence-corrected chi connectivity index (χ2v) is 6.15. The van der Waals surface area contributed by atoms with Gasteiger partial charge in [-0.15, -0.1) is 11.3 Å². The van der Waals surface area contributed by atoms with Gasteiger partial charge in [0.1, 0.15) is 17.1 Å². The highest BCUT2D eigenvalue weighted by atomic mass is 32.1. The molecule has 1 aromatic carbocycles. The number of nitro benzene ring substituents is 1. The lowest BCUT2D eigenvalue weighted by Gasteiger charge is -2.10. The molecule has 124 valence electrons. The van der Waals surface area contributed by atoms with Crippen molar-refractivity contribution in [3.8, 4) is 22.8 Å². The predicted octanol–water partition coefficient (Wildman–Crippen LogP) is 3.11. The molecule has 0 bridgehead atoms. The first-order valence-corrected chi connectivity index (χ1v) is 7.66. The normalized spacial score (nSPS) is 10.8. The van der Waals surface area contributed by atoms with Crippen molar-refractivity contribution in [1.82, 2.24) is 9.38 Å². The molecule has 0 saturated heterocycles. The van der Waals surface area contributed by atoms with E-state index in [2.05, 4.69) is 4.98 Å². The van der Waals surface area contributed by atoms with Crippen molar-refractivity contribution in [3.63, 3.8) is 0 Å². The Labute approximate surface area is 140 Å². The molecule has 8 nitrogen and oxygen atoms in total. The number of methoxy groups -OCH3 is 2. The summed E-state index contributed by atoms with van der Waals surface area (Å²) in [5.41, 5.74) is 0.975. The highest BCUT2D eigenvalue weighted by molar-refractivity contribution is 7.17. The molecular weight excluding hydrogens is 334 g/mol. The first kappa shape index (κ1) is 15.9. The van der Waals surface area contributed by atoms with Crippen LogP contribution in [0.15, 0.2) is 18.3 Å². The highest BCUT2D eigenvalue weighted by Gasteiger charge is 2.24. The van der Waals surface area contributed by atoms with E-state index in [1.54, 1.807) is 4.40 Å². The quantitative estimate of drug-likeness (QED) is 0.400. The predicted molar refractivity (Wildman–Crippen MR) is 88.4 cm³/mol. The summed E-state index contributed by atoms with van der Waals surface area (Å²) >= 11 is 1.44. The van der Waals surface area contributed by atoms with Crippen molar-refractivity contribution in [2.75, 3.05) is 14.2 Å². The van der Waals surface area contributed by atoms with Gasteiger partial charge in [-0.25, -0.2) is 4.98 Å². The van der Waals surface area contributed by atoms with Crippen molar-refractivity contribution < 1.29 is 19.2 Å². The van der Waals surface area contributed by atoms with Crippen LogP contribution >= 0.6 is 11.3 Å². The average Bonchev–Trinajstić information content (AvgIpc) is 3.08. The summed E-state index contributed by atoms with van der Waals surface area (Å²) < 4.78 is 12.1. The van der Waals surface area contributed by atoms with Gasteiger partial charge in [0.25, 0.3) is 0 Å². The first-order valence-electron chi connectivity index (χ1n) is 6.84. The third-order valence-electron chi connectivity index (χ3n) is 3.54. The summed E-state index contributed by atoms with van der Waals surface area (Å²) in [6.07, 6.45) is 2.52. The molecule has 0 spiro atoms. The zero-order chi connectivity index (χ0) is 17.4. The third kappa shape index (κ3) is 2.38. The Balaban J connectivity index is 2.31. The van der Waals surface area contributed by atoms with Crippen LogP contribution in [0.1, 0.15) is 15.4 Å². The number of ether oxygens (including phenoxy) is 2. The van der Waals surface area contributed by atoms with Crippen LogP contribution in [0.25, 0.3) is 16.2 Å². The number of benzene rings is 1. The number of nitrogens with zero attached hydrogens (tertiary/aromatic N) is 3. The van der Waals surface area contributed by atoms with Gasteiger partial charge in [0.2, 0.25) is 0 Å². The molecule has 0 aliphatic heterocycles. The van der Waals surface area contributed by atoms with Crippen LogP contribution in [0, 0.1) is 17.0 Å². The Hall–Kier alpha value is -2.94. The maximum atomic E-state index is 11.6. The monoisotopic (exact) mass is 347 g/mol. The van der Waals surface area contributed by atoms with E-state index in [-0.39, 0.29) is 17.2 Å². The van der Waals surface area contributed by atoms with E-state index < -0.39 is 4.92 Å². The molecule has 0 N–H and O–H groups in total. The number of hydrogen-bond acceptors (Lipinski definition) is 7. The van der Waals surface area contributed by atoms with Crippen LogP contribution in [-0.2, 0) is 0 Å². The molecule has 3 rings (SSSR count). The fourth-order valence-electron chi connectivity index (χ4n) is 2.49. The Morgan fingerprint density at radius 2 is 2.00 bits per heavy atom. The number of aryl methyl sites for hydroxylation is 1. The molecular formula is C15H13N3O5S. The number of carbonyl (C=O) groups excluding carboxylic acids is 1. The van der Waals surface area contributed by atoms with E-state index in [1.165, 1.54) is 37.7 Å². The summed E-state index contributed by atoms with van der Waals surface area (Å²) in [6.45, 7) is 1.92. The van der Waals surface area contributed by atoms with Crippen molar-refractivity contribution in [3.05, 3.63) is 39.0 Å². The van der Waals surface area contributed by atoms with Crippen molar-refractivity contribution >= 4 is 28.3 Å². The molecule has 24 heavy (non-hydrogen) atoms. The Bertz CT molecular complexity index is 960. The van der Waals surface area contributed by atoms with Gasteiger partial charge in [-0.05, 0) is 6.92 Å². The topological polar surface area (TPSA) is 96.0 Å². The average molecular weight is 347 g/mol. The minimum Gasteiger partial charge on any atom is -0.496 e. The van der Waals surface area contributed by atoms with E-state index in [0.29, 0.717) is 28.2 Å². The zero-order valence-corrected chi connectivity index (χ0v) is 13.9. The van der Waals surface area contributed by atoms with Gasteiger partial charge < -0.3 is 9.47 Å². The molecule has 0 saturated carbocycles. The maximum Gasteiger partial charge on any atom is 0.314 e. The van der Waals surface area contributed by atoms with Gasteiger partial charge in [0.15, 0.2) is 17.0 Å². The van der Waals surface area contributed by atoms with Crippen LogP contribution in [0.3, 0.4) is 0 Å². The number of thiazole rings is 1. The number of aromatic nitrogens is 2. The lowest BCUT2D eigenvalue weighted by atomic mass is 10.1. The molecule has 9 heteroatoms. The van der Waals surface area contributed by atoms with E-state index in [1.807, 2.05) is 13.1 Å². The molecule has 0 radical (unpaired) electrons. The number of aldehydes is 1. The molecule has 0 fully saturated rings. The lowest BCUT2D eigenvalue weighted by Crippen LogP contribution is -1.98. The number of carbonyl (C=O) groups is 1. The Kier molecular flexibility index (Phi) is 3.94. The van der Waals surface area contributed by atoms with Crippen LogP contribution in [0.5, 0.6) is 11.5 Å². The van der Waals surface area contributed by atoms with Gasteiger partial charge >= 0.3 is 5.69 Å². The van der Waals surface area contributed by atoms with Crippen molar-refractivity contribution in [1.29, 1.82) is 0 Å². The number of fused-ring (bicyclic) bond motifs is 1. The van der Waals surface area contributed by atoms with Crippen LogP contribution in [-0.4, -0.2) is 34.8 Å². The highest BCUT2D eigenvalue weighted by Crippen LogP contribution is 2.41. The molecule has 2 aromatic heterocycles. The SMILES string of the molecule is COc1cc([N+](=O)[O-])c(OC)cc1-c1nc2sc(C)cn2c1C=O. The Morgan fingerprint density at radius 1 is 1.29 bits per heavy atom. The molecule has 0 atom stereocenters. The third-order valence-corrected chi connectivity index (χ3v) is 4.44. The fourth-order valence-corrected chi connectivity index (χ4v) is 3.33.